The van der Waals surface area contributed by atoms with Crippen LogP contribution in [0.3, 0.4) is 0 Å². The van der Waals surface area contributed by atoms with Gasteiger partial charge in [-0.05, 0) is 29.7 Å². The number of nitrogens with zero attached hydrogens (tertiary/aromatic N) is 2. The lowest BCUT2D eigenvalue weighted by Gasteiger charge is -2.44. The van der Waals surface area contributed by atoms with Gasteiger partial charge in [-0.25, -0.2) is 4.99 Å². The Kier molecular flexibility index (Phi) is 10.1. The van der Waals surface area contributed by atoms with Crippen molar-refractivity contribution in [1.82, 2.24) is 0 Å². The minimum absolute atomic E-state index is 0.162. The lowest BCUT2D eigenvalue weighted by Crippen LogP contribution is -2.61. The number of hydrogen-bond donors (Lipinski definition) is 0. The average molecular weight is 617 g/mol. The van der Waals surface area contributed by atoms with Crippen LogP contribution in [0.25, 0.3) is 6.08 Å². The number of para-hydroxylation sites is 1. The van der Waals surface area contributed by atoms with Gasteiger partial charge in [0.2, 0.25) is 0 Å². The number of aliphatic imine (C=N–C) groups is 1. The van der Waals surface area contributed by atoms with Crippen molar-refractivity contribution in [2.75, 3.05) is 11.5 Å². The highest BCUT2D eigenvalue weighted by molar-refractivity contribution is 8.14. The van der Waals surface area contributed by atoms with E-state index in [0.29, 0.717) is 5.69 Å². The Morgan fingerprint density at radius 1 is 0.905 bits per heavy atom. The standard InChI is InChI=1S/C28H28N2O10S2/c1-15(31)36-14-22-23(37-16(2)32)24(38-17(3)33)25(39-18(4)34)27(40-22)42-28-29-21(13-20-11-8-12-41-20)26(35)30(28)19-9-6-5-7-10-19/h5-13,22-25,27H,14H2,1-4H3/b21-13-/t22?,23?,24?,25?,27-/m0/s1. The van der Waals surface area contributed by atoms with Gasteiger partial charge < -0.3 is 23.7 Å². The van der Waals surface area contributed by atoms with Gasteiger partial charge >= 0.3 is 23.9 Å². The molecule has 12 nitrogen and oxygen atoms in total. The number of amidine groups is 1. The predicted molar refractivity (Wildman–Crippen MR) is 153 cm³/mol. The summed E-state index contributed by atoms with van der Waals surface area (Å²) in [6.45, 7) is 4.28. The van der Waals surface area contributed by atoms with E-state index in [1.54, 1.807) is 36.4 Å². The molecule has 2 aliphatic rings. The minimum atomic E-state index is -1.34. The quantitative estimate of drug-likeness (QED) is 0.244. The Labute approximate surface area is 249 Å². The van der Waals surface area contributed by atoms with Crippen molar-refractivity contribution in [3.8, 4) is 0 Å². The number of rotatable bonds is 8. The van der Waals surface area contributed by atoms with Gasteiger partial charge in [0.25, 0.3) is 5.91 Å². The number of hydrogen-bond acceptors (Lipinski definition) is 13. The van der Waals surface area contributed by atoms with Gasteiger partial charge in [-0.3, -0.25) is 28.9 Å². The summed E-state index contributed by atoms with van der Waals surface area (Å²) in [5.41, 5.74) is -0.465. The third-order valence-corrected chi connectivity index (χ3v) is 7.75. The molecule has 1 aromatic heterocycles. The molecule has 0 spiro atoms. The number of anilines is 1. The van der Waals surface area contributed by atoms with Crippen molar-refractivity contribution < 1.29 is 47.7 Å². The fourth-order valence-electron chi connectivity index (χ4n) is 4.28. The molecular weight excluding hydrogens is 588 g/mol. The molecule has 0 N–H and O–H groups in total. The predicted octanol–water partition coefficient (Wildman–Crippen LogP) is 3.31. The molecule has 0 saturated carbocycles. The zero-order valence-electron chi connectivity index (χ0n) is 23.1. The molecular formula is C28H28N2O10S2. The van der Waals surface area contributed by atoms with Crippen LogP contribution in [0.1, 0.15) is 32.6 Å². The summed E-state index contributed by atoms with van der Waals surface area (Å²) in [6, 6.07) is 12.5. The first-order chi connectivity index (χ1) is 20.0. The van der Waals surface area contributed by atoms with Crippen molar-refractivity contribution >= 4 is 69.8 Å². The zero-order valence-corrected chi connectivity index (χ0v) is 24.7. The second-order valence-corrected chi connectivity index (χ2v) is 11.1. The Balaban J connectivity index is 1.77. The van der Waals surface area contributed by atoms with Crippen LogP contribution in [0.4, 0.5) is 5.69 Å². The van der Waals surface area contributed by atoms with Gasteiger partial charge in [0.1, 0.15) is 18.4 Å². The summed E-state index contributed by atoms with van der Waals surface area (Å²) in [7, 11) is 0. The van der Waals surface area contributed by atoms with Crippen LogP contribution in [-0.4, -0.2) is 71.4 Å². The van der Waals surface area contributed by atoms with E-state index in [9.17, 15) is 24.0 Å². The number of ether oxygens (including phenoxy) is 5. The number of amides is 1. The topological polar surface area (TPSA) is 147 Å². The summed E-state index contributed by atoms with van der Waals surface area (Å²) >= 11 is 2.37. The number of thiophene rings is 1. The van der Waals surface area contributed by atoms with E-state index in [1.165, 1.54) is 23.2 Å². The molecule has 3 heterocycles. The van der Waals surface area contributed by atoms with Crippen LogP contribution in [-0.2, 0) is 47.7 Å². The lowest BCUT2D eigenvalue weighted by atomic mass is 9.99. The van der Waals surface area contributed by atoms with Crippen LogP contribution < -0.4 is 4.90 Å². The highest BCUT2D eigenvalue weighted by atomic mass is 32.2. The molecule has 14 heteroatoms. The number of thioether (sulfide) groups is 1. The normalized spacial score (nSPS) is 24.6. The summed E-state index contributed by atoms with van der Waals surface area (Å²) in [5.74, 6) is -3.23. The van der Waals surface area contributed by atoms with E-state index < -0.39 is 59.6 Å². The van der Waals surface area contributed by atoms with E-state index in [4.69, 9.17) is 23.7 Å². The first kappa shape index (κ1) is 30.9. The first-order valence-electron chi connectivity index (χ1n) is 12.7. The molecule has 222 valence electrons. The molecule has 0 radical (unpaired) electrons. The van der Waals surface area contributed by atoms with Gasteiger partial charge in [0.05, 0.1) is 5.69 Å². The molecule has 1 amide bonds. The van der Waals surface area contributed by atoms with Crippen LogP contribution in [0, 0.1) is 0 Å². The summed E-state index contributed by atoms with van der Waals surface area (Å²) < 4.78 is 27.9. The van der Waals surface area contributed by atoms with Gasteiger partial charge in [-0.2, -0.15) is 0 Å². The Morgan fingerprint density at radius 3 is 2.14 bits per heavy atom. The Hall–Kier alpha value is -4.01. The smallest absolute Gasteiger partial charge is 0.303 e. The van der Waals surface area contributed by atoms with E-state index in [1.807, 2.05) is 17.5 Å². The molecule has 0 bridgehead atoms. The van der Waals surface area contributed by atoms with Crippen LogP contribution in [0.2, 0.25) is 0 Å². The Morgan fingerprint density at radius 2 is 1.55 bits per heavy atom. The molecule has 4 unspecified atom stereocenters. The molecule has 0 aliphatic carbocycles. The summed E-state index contributed by atoms with van der Waals surface area (Å²) in [4.78, 5) is 68.4. The second-order valence-electron chi connectivity index (χ2n) is 9.10. The van der Waals surface area contributed by atoms with E-state index in [-0.39, 0.29) is 17.5 Å². The fourth-order valence-corrected chi connectivity index (χ4v) is 6.12. The molecule has 2 aliphatic heterocycles. The van der Waals surface area contributed by atoms with E-state index in [2.05, 4.69) is 4.99 Å². The van der Waals surface area contributed by atoms with Crippen LogP contribution in [0.15, 0.2) is 58.5 Å². The van der Waals surface area contributed by atoms with Crippen LogP contribution >= 0.6 is 23.1 Å². The maximum absolute atomic E-state index is 13.6. The van der Waals surface area contributed by atoms with Gasteiger partial charge in [0, 0.05) is 32.6 Å². The molecule has 1 aromatic carbocycles. The molecule has 5 atom stereocenters. The van der Waals surface area contributed by atoms with Gasteiger partial charge in [0.15, 0.2) is 28.9 Å². The largest absolute Gasteiger partial charge is 0.463 e. The molecule has 4 rings (SSSR count). The molecule has 1 fully saturated rings. The van der Waals surface area contributed by atoms with Crippen molar-refractivity contribution in [1.29, 1.82) is 0 Å². The highest BCUT2D eigenvalue weighted by Gasteiger charge is 2.53. The second kappa shape index (κ2) is 13.8. The molecule has 42 heavy (non-hydrogen) atoms. The van der Waals surface area contributed by atoms with E-state index in [0.717, 1.165) is 37.4 Å². The van der Waals surface area contributed by atoms with Crippen molar-refractivity contribution in [3.05, 3.63) is 58.4 Å². The third kappa shape index (κ3) is 7.63. The third-order valence-electron chi connectivity index (χ3n) is 5.84. The monoisotopic (exact) mass is 616 g/mol. The van der Waals surface area contributed by atoms with Gasteiger partial charge in [-0.1, -0.05) is 36.0 Å². The number of carbonyl (C=O) groups is 5. The van der Waals surface area contributed by atoms with Crippen molar-refractivity contribution in [3.63, 3.8) is 0 Å². The van der Waals surface area contributed by atoms with E-state index >= 15 is 0 Å². The van der Waals surface area contributed by atoms with Crippen molar-refractivity contribution in [2.45, 2.75) is 57.5 Å². The van der Waals surface area contributed by atoms with Gasteiger partial charge in [-0.15, -0.1) is 11.3 Å². The molecule has 2 aromatic rings. The first-order valence-corrected chi connectivity index (χ1v) is 14.5. The average Bonchev–Trinajstić information content (AvgIpc) is 3.54. The lowest BCUT2D eigenvalue weighted by molar-refractivity contribution is -0.237. The molecule has 1 saturated heterocycles. The highest BCUT2D eigenvalue weighted by Crippen LogP contribution is 2.38. The Bertz CT molecular complexity index is 1390. The summed E-state index contributed by atoms with van der Waals surface area (Å²) in [5, 5.41) is 2.06. The van der Waals surface area contributed by atoms with Crippen LogP contribution in [0.5, 0.6) is 0 Å². The zero-order chi connectivity index (χ0) is 30.4. The van der Waals surface area contributed by atoms with Crippen molar-refractivity contribution in [2.24, 2.45) is 4.99 Å². The maximum Gasteiger partial charge on any atom is 0.303 e. The summed E-state index contributed by atoms with van der Waals surface area (Å²) in [6.07, 6.45) is -3.42. The fraction of sp³-hybridized carbons (Fsp3) is 0.357. The SMILES string of the molecule is CC(=O)OCC1O[C@@H](SC2=N/C(=C\c3cccs3)C(=O)N2c2ccccc2)C(OC(C)=O)C(OC(C)=O)C1OC(C)=O. The maximum atomic E-state index is 13.6. The number of esters is 4. The number of benzene rings is 1. The number of carbonyl (C=O) groups excluding carboxylic acids is 5. The minimum Gasteiger partial charge on any atom is -0.463 e.